The second kappa shape index (κ2) is 6.77. The van der Waals surface area contributed by atoms with Gasteiger partial charge in [-0.1, -0.05) is 19.3 Å². The molecule has 6 heteroatoms. The predicted octanol–water partition coefficient (Wildman–Crippen LogP) is 3.76. The number of aliphatic carboxylic acids is 1. The Hall–Kier alpha value is -1.43. The molecular formula is C16H21BrO5. The van der Waals surface area contributed by atoms with Gasteiger partial charge in [0.2, 0.25) is 0 Å². The Balaban J connectivity index is 2.79. The third kappa shape index (κ3) is 2.64. The van der Waals surface area contributed by atoms with Crippen LogP contribution < -0.4 is 14.2 Å². The minimum absolute atomic E-state index is 0.437. The molecule has 1 aromatic carbocycles. The van der Waals surface area contributed by atoms with Crippen molar-refractivity contribution in [3.63, 3.8) is 0 Å². The molecule has 0 amide bonds. The van der Waals surface area contributed by atoms with Gasteiger partial charge in [-0.25, -0.2) is 0 Å². The van der Waals surface area contributed by atoms with Crippen LogP contribution in [0.15, 0.2) is 10.5 Å². The highest BCUT2D eigenvalue weighted by atomic mass is 79.9. The van der Waals surface area contributed by atoms with Gasteiger partial charge in [-0.05, 0) is 28.8 Å². The lowest BCUT2D eigenvalue weighted by atomic mass is 9.68. The molecule has 0 spiro atoms. The average Bonchev–Trinajstić information content (AvgIpc) is 2.54. The van der Waals surface area contributed by atoms with E-state index in [2.05, 4.69) is 15.9 Å². The SMILES string of the molecule is COc1cc(Br)c(OC)c(C2(C(=O)O)CCCCC2)c1OC. The lowest BCUT2D eigenvalue weighted by Crippen LogP contribution is -2.38. The van der Waals surface area contributed by atoms with Crippen molar-refractivity contribution in [2.75, 3.05) is 21.3 Å². The highest BCUT2D eigenvalue weighted by Gasteiger charge is 2.46. The fourth-order valence-corrected chi connectivity index (χ4v) is 3.87. The molecule has 0 unspecified atom stereocenters. The van der Waals surface area contributed by atoms with E-state index in [4.69, 9.17) is 14.2 Å². The van der Waals surface area contributed by atoms with Crippen LogP contribution in [0.1, 0.15) is 37.7 Å². The van der Waals surface area contributed by atoms with Crippen molar-refractivity contribution in [2.45, 2.75) is 37.5 Å². The first-order valence-corrected chi connectivity index (χ1v) is 8.03. The van der Waals surface area contributed by atoms with Gasteiger partial charge in [-0.3, -0.25) is 4.79 Å². The summed E-state index contributed by atoms with van der Waals surface area (Å²) in [6.45, 7) is 0. The van der Waals surface area contributed by atoms with Gasteiger partial charge >= 0.3 is 5.97 Å². The van der Waals surface area contributed by atoms with Crippen LogP contribution in [0.5, 0.6) is 17.2 Å². The Labute approximate surface area is 138 Å². The van der Waals surface area contributed by atoms with Gasteiger partial charge in [0.15, 0.2) is 11.5 Å². The molecule has 5 nitrogen and oxygen atoms in total. The third-order valence-electron chi connectivity index (χ3n) is 4.38. The molecule has 0 saturated heterocycles. The molecule has 0 atom stereocenters. The van der Waals surface area contributed by atoms with Crippen molar-refractivity contribution < 1.29 is 24.1 Å². The molecule has 1 aliphatic carbocycles. The van der Waals surface area contributed by atoms with Crippen molar-refractivity contribution in [3.8, 4) is 17.2 Å². The van der Waals surface area contributed by atoms with Gasteiger partial charge in [0.05, 0.1) is 31.4 Å². The smallest absolute Gasteiger partial charge is 0.314 e. The van der Waals surface area contributed by atoms with E-state index >= 15 is 0 Å². The van der Waals surface area contributed by atoms with Crippen LogP contribution in [0, 0.1) is 0 Å². The molecule has 1 fully saturated rings. The maximum Gasteiger partial charge on any atom is 0.314 e. The van der Waals surface area contributed by atoms with Crippen molar-refractivity contribution in [1.29, 1.82) is 0 Å². The zero-order valence-corrected chi connectivity index (χ0v) is 14.7. The van der Waals surface area contributed by atoms with E-state index in [1.165, 1.54) is 21.3 Å². The van der Waals surface area contributed by atoms with Crippen molar-refractivity contribution in [3.05, 3.63) is 16.1 Å². The van der Waals surface area contributed by atoms with Crippen molar-refractivity contribution in [1.82, 2.24) is 0 Å². The summed E-state index contributed by atoms with van der Waals surface area (Å²) in [4.78, 5) is 12.2. The van der Waals surface area contributed by atoms with Crippen LogP contribution in [0.3, 0.4) is 0 Å². The van der Waals surface area contributed by atoms with Crippen LogP contribution in [0.25, 0.3) is 0 Å². The van der Waals surface area contributed by atoms with Gasteiger partial charge in [0, 0.05) is 6.07 Å². The number of carboxylic acid groups (broad SMARTS) is 1. The number of halogens is 1. The first kappa shape index (κ1) is 16.9. The molecule has 1 aromatic rings. The Morgan fingerprint density at radius 2 is 1.68 bits per heavy atom. The Kier molecular flexibility index (Phi) is 5.21. The second-order valence-corrected chi connectivity index (χ2v) is 6.30. The number of hydrogen-bond donors (Lipinski definition) is 1. The molecule has 0 bridgehead atoms. The molecule has 0 aromatic heterocycles. The van der Waals surface area contributed by atoms with Gasteiger partial charge in [0.25, 0.3) is 0 Å². The number of ether oxygens (including phenoxy) is 3. The number of methoxy groups -OCH3 is 3. The summed E-state index contributed by atoms with van der Waals surface area (Å²) in [7, 11) is 4.59. The minimum atomic E-state index is -1.01. The zero-order chi connectivity index (χ0) is 16.3. The molecule has 0 radical (unpaired) electrons. The summed E-state index contributed by atoms with van der Waals surface area (Å²) >= 11 is 3.45. The molecule has 1 aliphatic rings. The number of carbonyl (C=O) groups is 1. The highest BCUT2D eigenvalue weighted by molar-refractivity contribution is 9.10. The fraction of sp³-hybridized carbons (Fsp3) is 0.562. The number of rotatable bonds is 5. The molecule has 122 valence electrons. The second-order valence-electron chi connectivity index (χ2n) is 5.45. The quantitative estimate of drug-likeness (QED) is 0.852. The topological polar surface area (TPSA) is 65.0 Å². The maximum absolute atomic E-state index is 12.2. The monoisotopic (exact) mass is 372 g/mol. The minimum Gasteiger partial charge on any atom is -0.495 e. The third-order valence-corrected chi connectivity index (χ3v) is 4.96. The summed E-state index contributed by atoms with van der Waals surface area (Å²) < 4.78 is 17.0. The lowest BCUT2D eigenvalue weighted by Gasteiger charge is -2.36. The van der Waals surface area contributed by atoms with Crippen molar-refractivity contribution >= 4 is 21.9 Å². The molecule has 22 heavy (non-hydrogen) atoms. The highest BCUT2D eigenvalue weighted by Crippen LogP contribution is 2.53. The summed E-state index contributed by atoms with van der Waals surface area (Å²) in [5.41, 5.74) is -0.442. The largest absolute Gasteiger partial charge is 0.495 e. The Morgan fingerprint density at radius 1 is 1.09 bits per heavy atom. The van der Waals surface area contributed by atoms with E-state index < -0.39 is 11.4 Å². The molecule has 1 N–H and O–H groups in total. The van der Waals surface area contributed by atoms with E-state index in [1.54, 1.807) is 6.07 Å². The van der Waals surface area contributed by atoms with Gasteiger partial charge in [-0.2, -0.15) is 0 Å². The Morgan fingerprint density at radius 3 is 2.14 bits per heavy atom. The van der Waals surface area contributed by atoms with E-state index in [1.807, 2.05) is 0 Å². The van der Waals surface area contributed by atoms with Crippen molar-refractivity contribution in [2.24, 2.45) is 0 Å². The summed E-state index contributed by atoms with van der Waals surface area (Å²) in [6.07, 6.45) is 3.91. The van der Waals surface area contributed by atoms with E-state index in [0.717, 1.165) is 19.3 Å². The number of benzene rings is 1. The fourth-order valence-electron chi connectivity index (χ4n) is 3.31. The number of carboxylic acids is 1. The molecule has 0 aliphatic heterocycles. The van der Waals surface area contributed by atoms with Crippen LogP contribution in [0.4, 0.5) is 0 Å². The van der Waals surface area contributed by atoms with Gasteiger partial charge in [-0.15, -0.1) is 0 Å². The molecule has 0 heterocycles. The summed E-state index contributed by atoms with van der Waals surface area (Å²) in [5, 5.41) is 9.97. The van der Waals surface area contributed by atoms with E-state index in [9.17, 15) is 9.90 Å². The van der Waals surface area contributed by atoms with E-state index in [0.29, 0.717) is 40.1 Å². The average molecular weight is 373 g/mol. The summed E-state index contributed by atoms with van der Waals surface area (Å²) in [5.74, 6) is 0.592. The van der Waals surface area contributed by atoms with Crippen LogP contribution >= 0.6 is 15.9 Å². The predicted molar refractivity (Wildman–Crippen MR) is 86.2 cm³/mol. The normalized spacial score (nSPS) is 16.9. The zero-order valence-electron chi connectivity index (χ0n) is 13.1. The number of hydrogen-bond acceptors (Lipinski definition) is 4. The molecule has 1 saturated carbocycles. The lowest BCUT2D eigenvalue weighted by molar-refractivity contribution is -0.145. The van der Waals surface area contributed by atoms with Gasteiger partial charge < -0.3 is 19.3 Å². The first-order chi connectivity index (χ1) is 10.5. The van der Waals surface area contributed by atoms with E-state index in [-0.39, 0.29) is 0 Å². The molecular weight excluding hydrogens is 352 g/mol. The summed E-state index contributed by atoms with van der Waals surface area (Å²) in [6, 6.07) is 1.74. The Bertz CT molecular complexity index is 564. The maximum atomic E-state index is 12.2. The van der Waals surface area contributed by atoms with Gasteiger partial charge in [0.1, 0.15) is 11.2 Å². The van der Waals surface area contributed by atoms with Crippen LogP contribution in [-0.2, 0) is 10.2 Å². The first-order valence-electron chi connectivity index (χ1n) is 7.24. The van der Waals surface area contributed by atoms with Crippen LogP contribution in [-0.4, -0.2) is 32.4 Å². The van der Waals surface area contributed by atoms with Crippen LogP contribution in [0.2, 0.25) is 0 Å². The molecule has 2 rings (SSSR count). The standard InChI is InChI=1S/C16H21BrO5/c1-20-11-9-10(17)13(21-2)12(14(11)22-3)16(15(18)19)7-5-4-6-8-16/h9H,4-8H2,1-3H3,(H,18,19).